The van der Waals surface area contributed by atoms with Gasteiger partial charge >= 0.3 is 0 Å². The van der Waals surface area contributed by atoms with Crippen LogP contribution < -0.4 is 0 Å². The van der Waals surface area contributed by atoms with Crippen molar-refractivity contribution in [3.05, 3.63) is 72.3 Å². The normalized spacial score (nSPS) is 11.6. The second-order valence-corrected chi connectivity index (χ2v) is 4.28. The maximum atomic E-state index is 4.39. The van der Waals surface area contributed by atoms with Crippen LogP contribution >= 0.6 is 0 Å². The number of rotatable bonds is 4. The number of hydrogen-bond donors (Lipinski definition) is 2. The molecule has 0 saturated carbocycles. The molecular formula is C16H14N4. The van der Waals surface area contributed by atoms with Gasteiger partial charge in [-0.1, -0.05) is 0 Å². The Hall–Kier alpha value is -2.88. The average Bonchev–Trinajstić information content (AvgIpc) is 3.17. The number of aromatic nitrogens is 2. The first-order chi connectivity index (χ1) is 9.90. The van der Waals surface area contributed by atoms with E-state index in [9.17, 15) is 0 Å². The smallest absolute Gasteiger partial charge is 0.0632 e. The number of H-pyrrole nitrogens is 2. The van der Waals surface area contributed by atoms with Crippen LogP contribution in [-0.2, 0) is 0 Å². The molecule has 1 aromatic carbocycles. The standard InChI is InChI=1S/C16H14N4/c1-3-15(17-9-1)11-19-13-5-7-14(8-6-13)20-12-16-4-2-10-18-16/h1-12,17-18H. The van der Waals surface area contributed by atoms with Crippen LogP contribution in [0.2, 0.25) is 0 Å². The van der Waals surface area contributed by atoms with E-state index < -0.39 is 0 Å². The van der Waals surface area contributed by atoms with Gasteiger partial charge in [0, 0.05) is 12.4 Å². The maximum absolute atomic E-state index is 4.39. The largest absolute Gasteiger partial charge is 0.360 e. The molecule has 0 fully saturated rings. The summed E-state index contributed by atoms with van der Waals surface area (Å²) in [6.07, 6.45) is 7.36. The molecule has 0 aliphatic heterocycles. The first-order valence-corrected chi connectivity index (χ1v) is 6.35. The number of nitrogens with one attached hydrogen (secondary N) is 2. The minimum atomic E-state index is 0.901. The third-order valence-electron chi connectivity index (χ3n) is 2.80. The van der Waals surface area contributed by atoms with Crippen molar-refractivity contribution >= 4 is 23.8 Å². The molecule has 98 valence electrons. The van der Waals surface area contributed by atoms with E-state index in [1.54, 1.807) is 12.4 Å². The lowest BCUT2D eigenvalue weighted by atomic mass is 10.3. The summed E-state index contributed by atoms with van der Waals surface area (Å²) in [6, 6.07) is 15.6. The van der Waals surface area contributed by atoms with Crippen LogP contribution in [-0.4, -0.2) is 22.4 Å². The molecule has 0 amide bonds. The van der Waals surface area contributed by atoms with Crippen molar-refractivity contribution in [2.45, 2.75) is 0 Å². The molecule has 4 heteroatoms. The number of nitrogens with zero attached hydrogens (tertiary/aromatic N) is 2. The van der Waals surface area contributed by atoms with Gasteiger partial charge < -0.3 is 9.97 Å². The lowest BCUT2D eigenvalue weighted by Crippen LogP contribution is -1.79. The zero-order valence-corrected chi connectivity index (χ0v) is 10.8. The van der Waals surface area contributed by atoms with Crippen molar-refractivity contribution < 1.29 is 0 Å². The number of benzene rings is 1. The molecule has 0 aliphatic carbocycles. The summed E-state index contributed by atoms with van der Waals surface area (Å²) < 4.78 is 0. The molecule has 20 heavy (non-hydrogen) atoms. The molecule has 0 spiro atoms. The Morgan fingerprint density at radius 1 is 0.650 bits per heavy atom. The predicted molar refractivity (Wildman–Crippen MR) is 82.5 cm³/mol. The summed E-state index contributed by atoms with van der Waals surface area (Å²) in [5, 5.41) is 0. The van der Waals surface area contributed by atoms with E-state index in [1.807, 2.05) is 60.9 Å². The fourth-order valence-corrected chi connectivity index (χ4v) is 1.76. The number of hydrogen-bond acceptors (Lipinski definition) is 2. The van der Waals surface area contributed by atoms with Gasteiger partial charge in [0.2, 0.25) is 0 Å². The Kier molecular flexibility index (Phi) is 3.55. The SMILES string of the molecule is C(=Nc1ccc(N=Cc2ccc[nH]2)cc1)c1ccc[nH]1. The molecule has 0 unspecified atom stereocenters. The Labute approximate surface area is 116 Å². The summed E-state index contributed by atoms with van der Waals surface area (Å²) in [6.45, 7) is 0. The quantitative estimate of drug-likeness (QED) is 0.671. The molecule has 2 N–H and O–H groups in total. The highest BCUT2D eigenvalue weighted by Crippen LogP contribution is 2.18. The monoisotopic (exact) mass is 262 g/mol. The van der Waals surface area contributed by atoms with Crippen LogP contribution in [0, 0.1) is 0 Å². The van der Waals surface area contributed by atoms with Crippen molar-refractivity contribution in [2.75, 3.05) is 0 Å². The van der Waals surface area contributed by atoms with Gasteiger partial charge in [-0.2, -0.15) is 0 Å². The van der Waals surface area contributed by atoms with Gasteiger partial charge in [0.05, 0.1) is 35.2 Å². The molecule has 2 heterocycles. The van der Waals surface area contributed by atoms with Gasteiger partial charge in [-0.3, -0.25) is 9.98 Å². The van der Waals surface area contributed by atoms with Gasteiger partial charge in [0.25, 0.3) is 0 Å². The van der Waals surface area contributed by atoms with Crippen LogP contribution in [0.25, 0.3) is 0 Å². The molecule has 2 aromatic heterocycles. The van der Waals surface area contributed by atoms with Gasteiger partial charge in [0.1, 0.15) is 0 Å². The van der Waals surface area contributed by atoms with E-state index in [0.29, 0.717) is 0 Å². The summed E-state index contributed by atoms with van der Waals surface area (Å²) >= 11 is 0. The molecule has 0 aliphatic rings. The average molecular weight is 262 g/mol. The summed E-state index contributed by atoms with van der Waals surface area (Å²) in [5.74, 6) is 0. The van der Waals surface area contributed by atoms with E-state index in [2.05, 4.69) is 20.0 Å². The van der Waals surface area contributed by atoms with E-state index >= 15 is 0 Å². The van der Waals surface area contributed by atoms with Gasteiger partial charge in [-0.25, -0.2) is 0 Å². The topological polar surface area (TPSA) is 56.3 Å². The third kappa shape index (κ3) is 3.11. The first-order valence-electron chi connectivity index (χ1n) is 6.35. The van der Waals surface area contributed by atoms with Crippen LogP contribution in [0.15, 0.2) is 70.9 Å². The van der Waals surface area contributed by atoms with E-state index in [1.165, 1.54) is 0 Å². The minimum absolute atomic E-state index is 0.901. The van der Waals surface area contributed by atoms with Gasteiger partial charge in [0.15, 0.2) is 0 Å². The Morgan fingerprint density at radius 2 is 1.10 bits per heavy atom. The molecule has 3 aromatic rings. The van der Waals surface area contributed by atoms with Crippen LogP contribution in [0.1, 0.15) is 11.4 Å². The molecule has 0 radical (unpaired) electrons. The molecule has 3 rings (SSSR count). The minimum Gasteiger partial charge on any atom is -0.360 e. The molecule has 0 atom stereocenters. The van der Waals surface area contributed by atoms with Gasteiger partial charge in [-0.15, -0.1) is 0 Å². The highest BCUT2D eigenvalue weighted by molar-refractivity contribution is 5.81. The maximum Gasteiger partial charge on any atom is 0.0632 e. The second kappa shape index (κ2) is 5.84. The van der Waals surface area contributed by atoms with Crippen molar-refractivity contribution in [2.24, 2.45) is 9.98 Å². The van der Waals surface area contributed by atoms with Crippen molar-refractivity contribution in [1.29, 1.82) is 0 Å². The summed E-state index contributed by atoms with van der Waals surface area (Å²) in [7, 11) is 0. The summed E-state index contributed by atoms with van der Waals surface area (Å²) in [4.78, 5) is 14.9. The van der Waals surface area contributed by atoms with Crippen LogP contribution in [0.4, 0.5) is 11.4 Å². The van der Waals surface area contributed by atoms with Gasteiger partial charge in [-0.05, 0) is 48.5 Å². The lowest BCUT2D eigenvalue weighted by Gasteiger charge is -1.95. The fraction of sp³-hybridized carbons (Fsp3) is 0. The highest BCUT2D eigenvalue weighted by Gasteiger charge is 1.92. The molecular weight excluding hydrogens is 248 g/mol. The molecule has 4 nitrogen and oxygen atoms in total. The van der Waals surface area contributed by atoms with Crippen molar-refractivity contribution in [1.82, 2.24) is 9.97 Å². The zero-order valence-electron chi connectivity index (χ0n) is 10.8. The summed E-state index contributed by atoms with van der Waals surface area (Å²) in [5.41, 5.74) is 3.77. The molecule has 0 saturated heterocycles. The van der Waals surface area contributed by atoms with E-state index in [-0.39, 0.29) is 0 Å². The number of aliphatic imine (C=N–C) groups is 2. The van der Waals surface area contributed by atoms with Crippen molar-refractivity contribution in [3.8, 4) is 0 Å². The van der Waals surface area contributed by atoms with E-state index in [0.717, 1.165) is 22.8 Å². The van der Waals surface area contributed by atoms with Crippen LogP contribution in [0.3, 0.4) is 0 Å². The van der Waals surface area contributed by atoms with Crippen molar-refractivity contribution in [3.63, 3.8) is 0 Å². The van der Waals surface area contributed by atoms with Crippen LogP contribution in [0.5, 0.6) is 0 Å². The first kappa shape index (κ1) is 12.2. The Bertz CT molecular complexity index is 626. The Balaban J connectivity index is 1.68. The predicted octanol–water partition coefficient (Wildman–Crippen LogP) is 3.84. The van der Waals surface area contributed by atoms with E-state index in [4.69, 9.17) is 0 Å². The fourth-order valence-electron chi connectivity index (χ4n) is 1.76. The molecule has 0 bridgehead atoms. The highest BCUT2D eigenvalue weighted by atomic mass is 14.8. The third-order valence-corrected chi connectivity index (χ3v) is 2.80. The number of aromatic amines is 2. The lowest BCUT2D eigenvalue weighted by molar-refractivity contribution is 1.37. The zero-order chi connectivity index (χ0) is 13.6. The Morgan fingerprint density at radius 3 is 1.45 bits per heavy atom. The second-order valence-electron chi connectivity index (χ2n) is 4.28.